The molecule has 3 N–H and O–H groups in total. The van der Waals surface area contributed by atoms with Crippen molar-refractivity contribution in [3.8, 4) is 0 Å². The number of nitrogens with one attached hydrogen (secondary N) is 3. The van der Waals surface area contributed by atoms with Crippen molar-refractivity contribution in [1.29, 1.82) is 0 Å². The van der Waals surface area contributed by atoms with Gasteiger partial charge in [-0.15, -0.1) is 0 Å². The monoisotopic (exact) mass is 465 g/mol. The lowest BCUT2D eigenvalue weighted by Gasteiger charge is -2.22. The van der Waals surface area contributed by atoms with Gasteiger partial charge in [-0.1, -0.05) is 25.3 Å². The van der Waals surface area contributed by atoms with E-state index in [2.05, 4.69) is 10.1 Å². The molecule has 1 fully saturated rings. The summed E-state index contributed by atoms with van der Waals surface area (Å²) in [6.45, 7) is -1.75. The van der Waals surface area contributed by atoms with E-state index in [1.54, 1.807) is 4.72 Å². The van der Waals surface area contributed by atoms with Crippen molar-refractivity contribution in [2.45, 2.75) is 49.2 Å². The van der Waals surface area contributed by atoms with Crippen LogP contribution in [0.5, 0.6) is 0 Å². The van der Waals surface area contributed by atoms with Crippen molar-refractivity contribution >= 4 is 27.9 Å². The number of esters is 1. The number of carbonyl (C=O) groups excluding carboxylic acids is 3. The molecule has 1 aliphatic rings. The molecule has 2 rings (SSSR count). The van der Waals surface area contributed by atoms with Crippen molar-refractivity contribution in [2.75, 3.05) is 13.2 Å². The molecule has 9 nitrogen and oxygen atoms in total. The van der Waals surface area contributed by atoms with Crippen LogP contribution in [0.3, 0.4) is 0 Å². The Morgan fingerprint density at radius 1 is 1.10 bits per heavy atom. The summed E-state index contributed by atoms with van der Waals surface area (Å²) in [7, 11) is -4.43. The predicted octanol–water partition coefficient (Wildman–Crippen LogP) is 1.69. The van der Waals surface area contributed by atoms with Gasteiger partial charge in [0, 0.05) is 6.04 Å². The summed E-state index contributed by atoms with van der Waals surface area (Å²) in [5, 5.41) is 4.62. The van der Waals surface area contributed by atoms with Crippen LogP contribution in [0.2, 0.25) is 0 Å². The predicted molar refractivity (Wildman–Crippen MR) is 101 cm³/mol. The molecule has 1 aliphatic carbocycles. The van der Waals surface area contributed by atoms with Crippen LogP contribution >= 0.6 is 0 Å². The van der Waals surface area contributed by atoms with E-state index in [4.69, 9.17) is 0 Å². The van der Waals surface area contributed by atoms with Gasteiger partial charge in [0.15, 0.2) is 6.61 Å². The molecule has 0 bridgehead atoms. The maximum absolute atomic E-state index is 12.7. The zero-order chi connectivity index (χ0) is 23.1. The zero-order valence-electron chi connectivity index (χ0n) is 16.3. The van der Waals surface area contributed by atoms with E-state index < -0.39 is 57.7 Å². The molecular weight excluding hydrogens is 443 g/mol. The molecule has 0 atom stereocenters. The number of urea groups is 1. The molecular formula is C18H22F3N3O6S. The quantitative estimate of drug-likeness (QED) is 0.526. The summed E-state index contributed by atoms with van der Waals surface area (Å²) in [5.74, 6) is -2.07. The van der Waals surface area contributed by atoms with Gasteiger partial charge in [-0.05, 0) is 31.0 Å². The number of rotatable bonds is 7. The standard InChI is InChI=1S/C18H22F3N3O6S/c19-18(20,21)12-5-4-8-14(9-12)31(28,29)22-10-16(26)30-11-15(25)24-17(27)23-13-6-2-1-3-7-13/h4-5,8-9,13,22H,1-3,6-7,10-11H2,(H2,23,24,25,27). The Kier molecular flexibility index (Phi) is 8.39. The van der Waals surface area contributed by atoms with E-state index in [-0.39, 0.29) is 6.04 Å². The molecule has 0 aromatic heterocycles. The SMILES string of the molecule is O=C(COC(=O)CNS(=O)(=O)c1cccc(C(F)(F)F)c1)NC(=O)NC1CCCCC1. The zero-order valence-corrected chi connectivity index (χ0v) is 17.1. The molecule has 0 heterocycles. The van der Waals surface area contributed by atoms with Crippen LogP contribution < -0.4 is 15.4 Å². The Balaban J connectivity index is 1.77. The molecule has 1 aromatic carbocycles. The third kappa shape index (κ3) is 8.17. The van der Waals surface area contributed by atoms with Gasteiger partial charge in [-0.3, -0.25) is 14.9 Å². The summed E-state index contributed by atoms with van der Waals surface area (Å²) < 4.78 is 68.6. The first-order valence-electron chi connectivity index (χ1n) is 9.40. The lowest BCUT2D eigenvalue weighted by Crippen LogP contribution is -2.46. The minimum absolute atomic E-state index is 0.0330. The Bertz CT molecular complexity index is 914. The van der Waals surface area contributed by atoms with Crippen molar-refractivity contribution in [3.05, 3.63) is 29.8 Å². The van der Waals surface area contributed by atoms with E-state index >= 15 is 0 Å². The minimum atomic E-state index is -4.74. The molecule has 1 aromatic rings. The largest absolute Gasteiger partial charge is 0.455 e. The van der Waals surface area contributed by atoms with Gasteiger partial charge in [0.1, 0.15) is 6.54 Å². The maximum atomic E-state index is 12.7. The summed E-state index contributed by atoms with van der Waals surface area (Å²) in [6, 6.07) is 2.22. The average Bonchev–Trinajstić information content (AvgIpc) is 2.71. The van der Waals surface area contributed by atoms with E-state index in [0.717, 1.165) is 44.2 Å². The van der Waals surface area contributed by atoms with Crippen LogP contribution in [0.15, 0.2) is 29.2 Å². The smallest absolute Gasteiger partial charge is 0.416 e. The molecule has 31 heavy (non-hydrogen) atoms. The van der Waals surface area contributed by atoms with E-state index in [1.165, 1.54) is 0 Å². The second kappa shape index (κ2) is 10.6. The highest BCUT2D eigenvalue weighted by Gasteiger charge is 2.31. The molecule has 13 heteroatoms. The number of hydrogen-bond acceptors (Lipinski definition) is 6. The Morgan fingerprint density at radius 2 is 1.77 bits per heavy atom. The second-order valence-electron chi connectivity index (χ2n) is 6.87. The number of imide groups is 1. The van der Waals surface area contributed by atoms with Crippen LogP contribution in [0, 0.1) is 0 Å². The minimum Gasteiger partial charge on any atom is -0.455 e. The Morgan fingerprint density at radius 3 is 2.42 bits per heavy atom. The van der Waals surface area contributed by atoms with Crippen LogP contribution in [0.4, 0.5) is 18.0 Å². The highest BCUT2D eigenvalue weighted by atomic mass is 32.2. The topological polar surface area (TPSA) is 131 Å². The van der Waals surface area contributed by atoms with Gasteiger partial charge in [0.25, 0.3) is 5.91 Å². The fourth-order valence-corrected chi connectivity index (χ4v) is 3.92. The summed E-state index contributed by atoms with van der Waals surface area (Å²) in [6.07, 6.45) is -0.0711. The first-order chi connectivity index (χ1) is 14.5. The lowest BCUT2D eigenvalue weighted by atomic mass is 9.96. The molecule has 172 valence electrons. The van der Waals surface area contributed by atoms with Crippen molar-refractivity contribution in [1.82, 2.24) is 15.4 Å². The van der Waals surface area contributed by atoms with Crippen molar-refractivity contribution in [2.24, 2.45) is 0 Å². The van der Waals surface area contributed by atoms with Crippen LogP contribution in [-0.2, 0) is 30.5 Å². The van der Waals surface area contributed by atoms with Gasteiger partial charge in [0.05, 0.1) is 10.5 Å². The Hall–Kier alpha value is -2.67. The van der Waals surface area contributed by atoms with Gasteiger partial charge in [-0.2, -0.15) is 17.9 Å². The molecule has 0 radical (unpaired) electrons. The van der Waals surface area contributed by atoms with Gasteiger partial charge in [-0.25, -0.2) is 13.2 Å². The molecule has 1 saturated carbocycles. The summed E-state index contributed by atoms with van der Waals surface area (Å²) in [5.41, 5.74) is -1.17. The van der Waals surface area contributed by atoms with E-state index in [9.17, 15) is 36.0 Å². The fourth-order valence-electron chi connectivity index (χ4n) is 2.91. The molecule has 0 saturated heterocycles. The lowest BCUT2D eigenvalue weighted by molar-refractivity contribution is -0.147. The Labute approximate surface area is 176 Å². The highest BCUT2D eigenvalue weighted by molar-refractivity contribution is 7.89. The maximum Gasteiger partial charge on any atom is 0.416 e. The van der Waals surface area contributed by atoms with E-state index in [1.807, 2.05) is 5.32 Å². The van der Waals surface area contributed by atoms with Crippen molar-refractivity contribution < 1.29 is 40.7 Å². The molecule has 0 unspecified atom stereocenters. The summed E-state index contributed by atoms with van der Waals surface area (Å²) in [4.78, 5) is 34.3. The second-order valence-corrected chi connectivity index (χ2v) is 8.63. The van der Waals surface area contributed by atoms with Crippen LogP contribution in [0.1, 0.15) is 37.7 Å². The van der Waals surface area contributed by atoms with Gasteiger partial charge >= 0.3 is 18.2 Å². The van der Waals surface area contributed by atoms with Crippen LogP contribution in [-0.4, -0.2) is 45.5 Å². The van der Waals surface area contributed by atoms with E-state index in [0.29, 0.717) is 12.1 Å². The molecule has 0 spiro atoms. The number of hydrogen-bond donors (Lipinski definition) is 3. The number of amides is 3. The van der Waals surface area contributed by atoms with Crippen LogP contribution in [0.25, 0.3) is 0 Å². The van der Waals surface area contributed by atoms with Gasteiger partial charge < -0.3 is 10.1 Å². The summed E-state index contributed by atoms with van der Waals surface area (Å²) >= 11 is 0. The number of sulfonamides is 1. The number of ether oxygens (including phenoxy) is 1. The number of benzene rings is 1. The molecule has 0 aliphatic heterocycles. The normalized spacial score (nSPS) is 15.2. The first kappa shape index (κ1) is 24.6. The van der Waals surface area contributed by atoms with Gasteiger partial charge in [0.2, 0.25) is 10.0 Å². The average molecular weight is 465 g/mol. The fraction of sp³-hybridized carbons (Fsp3) is 0.500. The first-order valence-corrected chi connectivity index (χ1v) is 10.9. The van der Waals surface area contributed by atoms with Crippen molar-refractivity contribution in [3.63, 3.8) is 0 Å². The number of halogens is 3. The number of carbonyl (C=O) groups is 3. The third-order valence-corrected chi connectivity index (χ3v) is 5.83. The third-order valence-electron chi connectivity index (χ3n) is 4.44. The molecule has 3 amide bonds. The number of alkyl halides is 3. The highest BCUT2D eigenvalue weighted by Crippen LogP contribution is 2.30.